The zero-order valence-electron chi connectivity index (χ0n) is 12.6. The molecule has 0 aliphatic carbocycles. The molecule has 1 aromatic heterocycles. The molecule has 1 aromatic carbocycles. The van der Waals surface area contributed by atoms with Crippen molar-refractivity contribution in [2.75, 3.05) is 13.2 Å². The molecule has 2 unspecified atom stereocenters. The zero-order valence-corrected chi connectivity index (χ0v) is 13.4. The van der Waals surface area contributed by atoms with Crippen LogP contribution in [0.2, 0.25) is 0 Å². The number of rotatable bonds is 4. The highest BCUT2D eigenvalue weighted by Gasteiger charge is 2.17. The van der Waals surface area contributed by atoms with Crippen molar-refractivity contribution in [3.63, 3.8) is 0 Å². The average Bonchev–Trinajstić information content (AvgIpc) is 2.93. The van der Waals surface area contributed by atoms with E-state index in [-0.39, 0.29) is 12.1 Å². The summed E-state index contributed by atoms with van der Waals surface area (Å²) in [5.74, 6) is 1.67. The molecule has 112 valence electrons. The van der Waals surface area contributed by atoms with E-state index in [9.17, 15) is 0 Å². The topological polar surface area (TPSA) is 43.4 Å². The van der Waals surface area contributed by atoms with Crippen molar-refractivity contribution in [3.8, 4) is 11.5 Å². The fourth-order valence-corrected chi connectivity index (χ4v) is 3.23. The summed E-state index contributed by atoms with van der Waals surface area (Å²) in [6.07, 6.45) is 1.92. The van der Waals surface area contributed by atoms with E-state index < -0.39 is 0 Å². The lowest BCUT2D eigenvalue weighted by Crippen LogP contribution is -2.23. The summed E-state index contributed by atoms with van der Waals surface area (Å²) in [5.41, 5.74) is 1.19. The van der Waals surface area contributed by atoms with Crippen molar-refractivity contribution >= 4 is 11.3 Å². The normalized spacial score (nSPS) is 16.5. The highest BCUT2D eigenvalue weighted by molar-refractivity contribution is 7.11. The number of benzene rings is 1. The van der Waals surface area contributed by atoms with Crippen LogP contribution in [0.5, 0.6) is 11.5 Å². The van der Waals surface area contributed by atoms with E-state index in [0.717, 1.165) is 16.5 Å². The van der Waals surface area contributed by atoms with Gasteiger partial charge in [0.15, 0.2) is 11.5 Å². The van der Waals surface area contributed by atoms with Gasteiger partial charge in [0.05, 0.1) is 6.04 Å². The molecule has 0 radical (unpaired) electrons. The van der Waals surface area contributed by atoms with Gasteiger partial charge in [-0.25, -0.2) is 4.98 Å². The quantitative estimate of drug-likeness (QED) is 0.936. The molecule has 5 heteroatoms. The average molecular weight is 304 g/mol. The molecule has 0 bridgehead atoms. The van der Waals surface area contributed by atoms with Gasteiger partial charge in [0.25, 0.3) is 0 Å². The molecule has 2 aromatic rings. The largest absolute Gasteiger partial charge is 0.486 e. The predicted octanol–water partition coefficient (Wildman–Crippen LogP) is 3.63. The highest BCUT2D eigenvalue weighted by atomic mass is 32.1. The summed E-state index contributed by atoms with van der Waals surface area (Å²) in [6, 6.07) is 6.59. The lowest BCUT2D eigenvalue weighted by atomic mass is 10.1. The van der Waals surface area contributed by atoms with Gasteiger partial charge >= 0.3 is 0 Å². The number of fused-ring (bicyclic) bond motifs is 1. The first-order chi connectivity index (χ1) is 10.1. The number of aryl methyl sites for hydroxylation is 1. The Morgan fingerprint density at radius 2 is 1.90 bits per heavy atom. The number of nitrogens with one attached hydrogen (secondary N) is 1. The van der Waals surface area contributed by atoms with Crippen LogP contribution in [0.1, 0.15) is 41.4 Å². The number of nitrogens with zero attached hydrogens (tertiary/aromatic N) is 1. The standard InChI is InChI=1S/C16H20N2O2S/c1-10-9-17-16(21-10)12(3)18-11(2)13-4-5-14-15(8-13)20-7-6-19-14/h4-5,8-9,11-12,18H,6-7H2,1-3H3. The van der Waals surface area contributed by atoms with Gasteiger partial charge in [0, 0.05) is 17.1 Å². The number of aromatic nitrogens is 1. The molecule has 2 heterocycles. The van der Waals surface area contributed by atoms with Crippen molar-refractivity contribution in [1.29, 1.82) is 0 Å². The van der Waals surface area contributed by atoms with Crippen molar-refractivity contribution in [2.24, 2.45) is 0 Å². The van der Waals surface area contributed by atoms with Crippen LogP contribution in [0.3, 0.4) is 0 Å². The number of thiazole rings is 1. The number of hydrogen-bond acceptors (Lipinski definition) is 5. The minimum atomic E-state index is 0.222. The maximum Gasteiger partial charge on any atom is 0.161 e. The first-order valence-electron chi connectivity index (χ1n) is 7.21. The summed E-state index contributed by atoms with van der Waals surface area (Å²) in [4.78, 5) is 5.69. The smallest absolute Gasteiger partial charge is 0.161 e. The maximum atomic E-state index is 5.64. The molecule has 0 saturated heterocycles. The molecule has 0 fully saturated rings. The highest BCUT2D eigenvalue weighted by Crippen LogP contribution is 2.33. The maximum absolute atomic E-state index is 5.64. The third-order valence-electron chi connectivity index (χ3n) is 3.58. The Labute approximate surface area is 129 Å². The summed E-state index contributed by atoms with van der Waals surface area (Å²) < 4.78 is 11.2. The molecule has 0 amide bonds. The van der Waals surface area contributed by atoms with E-state index in [1.54, 1.807) is 11.3 Å². The Morgan fingerprint density at radius 3 is 2.62 bits per heavy atom. The minimum absolute atomic E-state index is 0.222. The second kappa shape index (κ2) is 6.03. The van der Waals surface area contributed by atoms with Crippen LogP contribution in [0.15, 0.2) is 24.4 Å². The Kier molecular flexibility index (Phi) is 4.12. The van der Waals surface area contributed by atoms with Crippen LogP contribution < -0.4 is 14.8 Å². The fourth-order valence-electron chi connectivity index (χ4n) is 2.44. The van der Waals surface area contributed by atoms with Gasteiger partial charge in [-0.3, -0.25) is 0 Å². The minimum Gasteiger partial charge on any atom is -0.486 e. The molecular weight excluding hydrogens is 284 g/mol. The van der Waals surface area contributed by atoms with Gasteiger partial charge in [-0.05, 0) is 38.5 Å². The number of ether oxygens (including phenoxy) is 2. The summed E-state index contributed by atoms with van der Waals surface area (Å²) in [6.45, 7) is 7.63. The summed E-state index contributed by atoms with van der Waals surface area (Å²) in [5, 5.41) is 4.71. The molecular formula is C16H20N2O2S. The van der Waals surface area contributed by atoms with Crippen molar-refractivity contribution in [2.45, 2.75) is 32.9 Å². The third-order valence-corrected chi connectivity index (χ3v) is 4.67. The SMILES string of the molecule is Cc1cnc(C(C)NC(C)c2ccc3c(c2)OCCO3)s1. The zero-order chi connectivity index (χ0) is 14.8. The fraction of sp³-hybridized carbons (Fsp3) is 0.438. The van der Waals surface area contributed by atoms with Gasteiger partial charge in [-0.15, -0.1) is 11.3 Å². The lowest BCUT2D eigenvalue weighted by Gasteiger charge is -2.22. The van der Waals surface area contributed by atoms with Crippen LogP contribution in [0, 0.1) is 6.92 Å². The second-order valence-corrected chi connectivity index (χ2v) is 6.59. The van der Waals surface area contributed by atoms with Crippen LogP contribution >= 0.6 is 11.3 Å². The van der Waals surface area contributed by atoms with Gasteiger partial charge in [-0.2, -0.15) is 0 Å². The van der Waals surface area contributed by atoms with Crippen molar-refractivity contribution in [3.05, 3.63) is 39.8 Å². The Morgan fingerprint density at radius 1 is 1.14 bits per heavy atom. The molecule has 1 aliphatic heterocycles. The molecule has 1 N–H and O–H groups in total. The second-order valence-electron chi connectivity index (χ2n) is 5.32. The van der Waals surface area contributed by atoms with E-state index in [1.807, 2.05) is 12.3 Å². The summed E-state index contributed by atoms with van der Waals surface area (Å²) >= 11 is 1.74. The van der Waals surface area contributed by atoms with Gasteiger partial charge in [-0.1, -0.05) is 6.07 Å². The molecule has 0 spiro atoms. The monoisotopic (exact) mass is 304 g/mol. The predicted molar refractivity (Wildman–Crippen MR) is 84.2 cm³/mol. The summed E-state index contributed by atoms with van der Waals surface area (Å²) in [7, 11) is 0. The van der Waals surface area contributed by atoms with Crippen LogP contribution in [-0.4, -0.2) is 18.2 Å². The van der Waals surface area contributed by atoms with E-state index in [4.69, 9.17) is 9.47 Å². The molecule has 4 nitrogen and oxygen atoms in total. The van der Waals surface area contributed by atoms with Crippen LogP contribution in [-0.2, 0) is 0 Å². The van der Waals surface area contributed by atoms with Gasteiger partial charge in [0.2, 0.25) is 0 Å². The Bertz CT molecular complexity index is 626. The Hall–Kier alpha value is -1.59. The van der Waals surface area contributed by atoms with Gasteiger partial charge < -0.3 is 14.8 Å². The lowest BCUT2D eigenvalue weighted by molar-refractivity contribution is 0.171. The molecule has 2 atom stereocenters. The molecule has 21 heavy (non-hydrogen) atoms. The first kappa shape index (κ1) is 14.4. The first-order valence-corrected chi connectivity index (χ1v) is 8.03. The van der Waals surface area contributed by atoms with E-state index in [1.165, 1.54) is 10.4 Å². The molecule has 1 aliphatic rings. The van der Waals surface area contributed by atoms with Crippen LogP contribution in [0.4, 0.5) is 0 Å². The number of hydrogen-bond donors (Lipinski definition) is 1. The molecule has 0 saturated carbocycles. The van der Waals surface area contributed by atoms with E-state index in [0.29, 0.717) is 13.2 Å². The van der Waals surface area contributed by atoms with Crippen LogP contribution in [0.25, 0.3) is 0 Å². The van der Waals surface area contributed by atoms with Gasteiger partial charge in [0.1, 0.15) is 18.2 Å². The van der Waals surface area contributed by atoms with Crippen molar-refractivity contribution in [1.82, 2.24) is 10.3 Å². The molecule has 3 rings (SSSR count). The Balaban J connectivity index is 1.71. The van der Waals surface area contributed by atoms with E-state index in [2.05, 4.69) is 43.2 Å². The third kappa shape index (κ3) is 3.19. The van der Waals surface area contributed by atoms with Crippen molar-refractivity contribution < 1.29 is 9.47 Å². The van der Waals surface area contributed by atoms with E-state index >= 15 is 0 Å².